The molecule has 2 aliphatic heterocycles. The summed E-state index contributed by atoms with van der Waals surface area (Å²) in [6, 6.07) is 0. The van der Waals surface area contributed by atoms with Crippen molar-refractivity contribution in [2.45, 2.75) is 31.4 Å². The zero-order chi connectivity index (χ0) is 19.5. The number of rotatable bonds is 0. The third kappa shape index (κ3) is 9.44. The zero-order valence-electron chi connectivity index (χ0n) is 14.6. The Balaban J connectivity index is 2.15. The van der Waals surface area contributed by atoms with Crippen LogP contribution in [0.25, 0.3) is 0 Å². The highest BCUT2D eigenvalue weighted by Gasteiger charge is 2.20. The van der Waals surface area contributed by atoms with E-state index in [1.165, 1.54) is 10.8 Å². The summed E-state index contributed by atoms with van der Waals surface area (Å²) in [5, 5.41) is 17.9. The van der Waals surface area contributed by atoms with Crippen molar-refractivity contribution in [3.8, 4) is 0 Å². The van der Waals surface area contributed by atoms with E-state index in [-0.39, 0.29) is 32.0 Å². The number of fused-ring (bicyclic) bond motifs is 7. The first-order valence-corrected chi connectivity index (χ1v) is 11.0. The first-order chi connectivity index (χ1) is 13.0. The maximum absolute atomic E-state index is 12.1. The summed E-state index contributed by atoms with van der Waals surface area (Å²) in [4.78, 5) is 41.1. The number of hydrogen-bond acceptors (Lipinski definition) is 10. The van der Waals surface area contributed by atoms with Crippen LogP contribution in [-0.2, 0) is 24.0 Å². The molecule has 0 aromatic rings. The molecule has 2 amide bonds. The van der Waals surface area contributed by atoms with Crippen molar-refractivity contribution in [1.82, 2.24) is 21.4 Å². The molecule has 2 bridgehead atoms. The van der Waals surface area contributed by atoms with Gasteiger partial charge in [0.25, 0.3) is 0 Å². The summed E-state index contributed by atoms with van der Waals surface area (Å²) in [5.41, 5.74) is 2.49. The highest BCUT2D eigenvalue weighted by molar-refractivity contribution is 8.76. The molecule has 0 radical (unpaired) electrons. The molecule has 1 saturated heterocycles. The Hall–Kier alpha value is -1.31. The van der Waals surface area contributed by atoms with Gasteiger partial charge in [0.1, 0.15) is 25.4 Å². The molecular formula is C15H24N4O6S2. The number of ether oxygens (including phenoxy) is 1. The number of hydrogen-bond donors (Lipinski definition) is 5. The minimum Gasteiger partial charge on any atom is -0.457 e. The summed E-state index contributed by atoms with van der Waals surface area (Å²) < 4.78 is 5.31. The van der Waals surface area contributed by atoms with Crippen molar-refractivity contribution in [1.29, 1.82) is 0 Å². The smallest absolute Gasteiger partial charge is 0.326 e. The number of amides is 2. The highest BCUT2D eigenvalue weighted by Crippen LogP contribution is 2.23. The molecule has 5 N–H and O–H groups in total. The van der Waals surface area contributed by atoms with Crippen LogP contribution < -0.4 is 21.4 Å². The second-order valence-electron chi connectivity index (χ2n) is 5.76. The molecule has 0 aromatic carbocycles. The second kappa shape index (κ2) is 12.2. The number of aliphatic hydroxyl groups excluding tert-OH is 1. The highest BCUT2D eigenvalue weighted by atomic mass is 33.1. The molecule has 12 heteroatoms. The molecule has 1 unspecified atom stereocenters. The van der Waals surface area contributed by atoms with Crippen molar-refractivity contribution < 1.29 is 29.1 Å². The fourth-order valence-corrected chi connectivity index (χ4v) is 4.22. The molecule has 2 heterocycles. The van der Waals surface area contributed by atoms with E-state index in [1.54, 1.807) is 16.9 Å². The molecule has 0 aromatic heterocycles. The lowest BCUT2D eigenvalue weighted by Gasteiger charge is -2.21. The number of esters is 1. The normalized spacial score (nSPS) is 31.1. The minimum atomic E-state index is -1.05. The van der Waals surface area contributed by atoms with Gasteiger partial charge in [-0.2, -0.15) is 5.48 Å². The van der Waals surface area contributed by atoms with Crippen molar-refractivity contribution in [3.05, 3.63) is 12.2 Å². The molecule has 27 heavy (non-hydrogen) atoms. The van der Waals surface area contributed by atoms with Gasteiger partial charge < -0.3 is 20.5 Å². The van der Waals surface area contributed by atoms with Crippen molar-refractivity contribution in [2.75, 3.05) is 31.1 Å². The molecule has 3 atom stereocenters. The Morgan fingerprint density at radius 3 is 2.81 bits per heavy atom. The fraction of sp³-hybridized carbons (Fsp3) is 0.667. The minimum absolute atomic E-state index is 0.0762. The Morgan fingerprint density at radius 1 is 1.11 bits per heavy atom. The van der Waals surface area contributed by atoms with E-state index in [0.29, 0.717) is 5.75 Å². The SMILES string of the molecule is O=C1CNO[C@H]2CSSCC/C=C/[C@H](CC(O)NCC(=O)N2)OC(=O)CN1. The van der Waals surface area contributed by atoms with Crippen LogP contribution in [0.4, 0.5) is 0 Å². The van der Waals surface area contributed by atoms with Crippen molar-refractivity contribution in [2.24, 2.45) is 0 Å². The Labute approximate surface area is 164 Å². The van der Waals surface area contributed by atoms with Crippen LogP contribution in [0.2, 0.25) is 0 Å². The third-order valence-electron chi connectivity index (χ3n) is 3.47. The largest absolute Gasteiger partial charge is 0.457 e. The molecule has 1 fully saturated rings. The van der Waals surface area contributed by atoms with Gasteiger partial charge in [-0.3, -0.25) is 24.5 Å². The Bertz CT molecular complexity index is 550. The number of allylic oxidation sites excluding steroid dienone is 1. The van der Waals surface area contributed by atoms with E-state index < -0.39 is 30.4 Å². The van der Waals surface area contributed by atoms with E-state index in [0.717, 1.165) is 12.2 Å². The summed E-state index contributed by atoms with van der Waals surface area (Å²) in [7, 11) is 3.14. The van der Waals surface area contributed by atoms with Crippen molar-refractivity contribution in [3.63, 3.8) is 0 Å². The predicted octanol–water partition coefficient (Wildman–Crippen LogP) is -1.37. The van der Waals surface area contributed by atoms with E-state index in [9.17, 15) is 19.5 Å². The summed E-state index contributed by atoms with van der Waals surface area (Å²) in [5.74, 6) is -0.174. The molecule has 2 aliphatic rings. The fourth-order valence-electron chi connectivity index (χ4n) is 2.20. The topological polar surface area (TPSA) is 138 Å². The second-order valence-corrected chi connectivity index (χ2v) is 8.38. The number of hydroxylamine groups is 1. The Kier molecular flexibility index (Phi) is 9.94. The van der Waals surface area contributed by atoms with Gasteiger partial charge >= 0.3 is 5.97 Å². The molecule has 10 nitrogen and oxygen atoms in total. The van der Waals surface area contributed by atoms with Crippen LogP contribution in [0, 0.1) is 0 Å². The van der Waals surface area contributed by atoms with Gasteiger partial charge in [-0.15, -0.1) is 0 Å². The van der Waals surface area contributed by atoms with E-state index in [2.05, 4.69) is 21.4 Å². The van der Waals surface area contributed by atoms with Gasteiger partial charge in [0, 0.05) is 12.2 Å². The molecule has 2 rings (SSSR count). The van der Waals surface area contributed by atoms with Gasteiger partial charge in [-0.05, 0) is 12.5 Å². The lowest BCUT2D eigenvalue weighted by molar-refractivity contribution is -0.148. The van der Waals surface area contributed by atoms with Crippen LogP contribution >= 0.6 is 21.6 Å². The maximum Gasteiger partial charge on any atom is 0.326 e. The average Bonchev–Trinajstić information content (AvgIpc) is 2.62. The summed E-state index contributed by atoms with van der Waals surface area (Å²) >= 11 is 0. The van der Waals surface area contributed by atoms with Crippen LogP contribution in [-0.4, -0.2) is 72.6 Å². The van der Waals surface area contributed by atoms with Gasteiger partial charge in [-0.25, -0.2) is 0 Å². The summed E-state index contributed by atoms with van der Waals surface area (Å²) in [6.07, 6.45) is 2.04. The lowest BCUT2D eigenvalue weighted by atomic mass is 10.2. The third-order valence-corrected chi connectivity index (χ3v) is 5.88. The molecular weight excluding hydrogens is 396 g/mol. The number of nitrogens with one attached hydrogen (secondary N) is 4. The monoisotopic (exact) mass is 420 g/mol. The van der Waals surface area contributed by atoms with Gasteiger partial charge in [-0.1, -0.05) is 27.7 Å². The predicted molar refractivity (Wildman–Crippen MR) is 101 cm³/mol. The maximum atomic E-state index is 12.1. The number of aliphatic hydroxyl groups is 1. The molecule has 0 spiro atoms. The lowest BCUT2D eigenvalue weighted by Crippen LogP contribution is -2.48. The number of carbonyl (C=O) groups is 3. The van der Waals surface area contributed by atoms with Crippen molar-refractivity contribution >= 4 is 39.4 Å². The molecule has 0 saturated carbocycles. The summed E-state index contributed by atoms with van der Waals surface area (Å²) in [6.45, 7) is -0.609. The standard InChI is InChI=1S/C15H24N4O6S2/c20-11-5-10-3-1-2-4-26-27-9-14(19-13(22)6-16-11)25-18-7-12(21)17-8-15(23)24-10/h1,3,10-11,14,16,18,20H,2,4-9H2,(H,17,21)(H,19,22)/b3-1+/t10-,11?,14+/m1/s1. The van der Waals surface area contributed by atoms with Crippen LogP contribution in [0.5, 0.6) is 0 Å². The van der Waals surface area contributed by atoms with E-state index in [4.69, 9.17) is 9.57 Å². The molecule has 0 aliphatic carbocycles. The van der Waals surface area contributed by atoms with Gasteiger partial charge in [0.15, 0.2) is 6.23 Å². The van der Waals surface area contributed by atoms with E-state index >= 15 is 0 Å². The first kappa shape index (κ1) is 22.0. The van der Waals surface area contributed by atoms with Gasteiger partial charge in [0.05, 0.1) is 12.3 Å². The average molecular weight is 421 g/mol. The zero-order valence-corrected chi connectivity index (χ0v) is 16.3. The number of carbonyl (C=O) groups excluding carboxylic acids is 3. The van der Waals surface area contributed by atoms with E-state index in [1.807, 2.05) is 6.08 Å². The van der Waals surface area contributed by atoms with Crippen LogP contribution in [0.1, 0.15) is 12.8 Å². The van der Waals surface area contributed by atoms with Crippen LogP contribution in [0.3, 0.4) is 0 Å². The van der Waals surface area contributed by atoms with Crippen LogP contribution in [0.15, 0.2) is 12.2 Å². The van der Waals surface area contributed by atoms with Gasteiger partial charge in [0.2, 0.25) is 11.8 Å². The Morgan fingerprint density at radius 2 is 1.96 bits per heavy atom. The molecule has 152 valence electrons. The quantitative estimate of drug-likeness (QED) is 0.181. The first-order valence-electron chi connectivity index (χ1n) is 8.49.